The van der Waals surface area contributed by atoms with E-state index >= 15 is 0 Å². The average molecular weight is 393 g/mol. The van der Waals surface area contributed by atoms with Crippen LogP contribution in [0.15, 0.2) is 47.0 Å². The summed E-state index contributed by atoms with van der Waals surface area (Å²) >= 11 is 0. The maximum absolute atomic E-state index is 12.3. The van der Waals surface area contributed by atoms with Crippen LogP contribution in [0.25, 0.3) is 22.1 Å². The molecule has 0 spiro atoms. The summed E-state index contributed by atoms with van der Waals surface area (Å²) in [6.07, 6.45) is -2.64. The molecule has 4 rings (SSSR count). The lowest BCUT2D eigenvalue weighted by molar-refractivity contribution is -0.274. The lowest BCUT2D eigenvalue weighted by Crippen LogP contribution is -2.23. The number of benzene rings is 2. The highest BCUT2D eigenvalue weighted by Gasteiger charge is 2.31. The highest BCUT2D eigenvalue weighted by Crippen LogP contribution is 2.32. The van der Waals surface area contributed by atoms with Crippen molar-refractivity contribution in [2.45, 2.75) is 19.2 Å². The molecule has 0 N–H and O–H groups in total. The standard InChI is InChI=1S/C20H18F3NO4/c21-20(22,23)27-16-6-3-14(4-7-16)15-5-8-18-17(10-15)19(24-28-18)26-12-13-2-1-9-25-11-13/h3-8,10,13H,1-2,9,11-12H2/t13-/m0/s1. The smallest absolute Gasteiger partial charge is 0.475 e. The van der Waals surface area contributed by atoms with Crippen LogP contribution in [0.2, 0.25) is 0 Å². The van der Waals surface area contributed by atoms with Gasteiger partial charge in [-0.2, -0.15) is 0 Å². The van der Waals surface area contributed by atoms with Gasteiger partial charge in [0.15, 0.2) is 5.58 Å². The van der Waals surface area contributed by atoms with Gasteiger partial charge in [0.25, 0.3) is 5.88 Å². The molecule has 0 saturated carbocycles. The van der Waals surface area contributed by atoms with Crippen LogP contribution in [0.3, 0.4) is 0 Å². The zero-order valence-electron chi connectivity index (χ0n) is 14.9. The third kappa shape index (κ3) is 4.39. The fourth-order valence-corrected chi connectivity index (χ4v) is 3.18. The molecule has 1 aliphatic rings. The van der Waals surface area contributed by atoms with Crippen molar-refractivity contribution < 1.29 is 31.9 Å². The second-order valence-corrected chi connectivity index (χ2v) is 6.67. The lowest BCUT2D eigenvalue weighted by atomic mass is 10.0. The van der Waals surface area contributed by atoms with Gasteiger partial charge in [0.2, 0.25) is 0 Å². The molecule has 1 atom stereocenters. The molecule has 0 radical (unpaired) electrons. The van der Waals surface area contributed by atoms with E-state index in [9.17, 15) is 13.2 Å². The van der Waals surface area contributed by atoms with Crippen LogP contribution in [-0.2, 0) is 4.74 Å². The van der Waals surface area contributed by atoms with Crippen LogP contribution in [0.1, 0.15) is 12.8 Å². The molecule has 0 bridgehead atoms. The Bertz CT molecular complexity index is 931. The van der Waals surface area contributed by atoms with E-state index in [0.29, 0.717) is 36.0 Å². The Labute approximate surface area is 159 Å². The van der Waals surface area contributed by atoms with Gasteiger partial charge in [0.05, 0.1) is 18.6 Å². The van der Waals surface area contributed by atoms with E-state index in [1.54, 1.807) is 18.2 Å². The molecule has 0 unspecified atom stereocenters. The van der Waals surface area contributed by atoms with Crippen molar-refractivity contribution in [2.24, 2.45) is 5.92 Å². The first-order valence-corrected chi connectivity index (χ1v) is 8.94. The van der Waals surface area contributed by atoms with Gasteiger partial charge in [-0.1, -0.05) is 18.2 Å². The third-order valence-corrected chi connectivity index (χ3v) is 4.57. The number of fused-ring (bicyclic) bond motifs is 1. The quantitative estimate of drug-likeness (QED) is 0.596. The number of alkyl halides is 3. The number of hydrogen-bond acceptors (Lipinski definition) is 5. The number of hydrogen-bond donors (Lipinski definition) is 0. The van der Waals surface area contributed by atoms with E-state index in [1.165, 1.54) is 12.1 Å². The van der Waals surface area contributed by atoms with Crippen molar-refractivity contribution in [3.8, 4) is 22.8 Å². The normalized spacial score (nSPS) is 17.6. The maximum atomic E-state index is 12.3. The predicted molar refractivity (Wildman–Crippen MR) is 95.2 cm³/mol. The Morgan fingerprint density at radius 3 is 2.57 bits per heavy atom. The van der Waals surface area contributed by atoms with Crippen molar-refractivity contribution in [3.63, 3.8) is 0 Å². The summed E-state index contributed by atoms with van der Waals surface area (Å²) in [5.41, 5.74) is 2.13. The molecule has 0 amide bonds. The zero-order valence-corrected chi connectivity index (χ0v) is 14.9. The number of nitrogens with zero attached hydrogens (tertiary/aromatic N) is 1. The van der Waals surface area contributed by atoms with Crippen LogP contribution in [0.4, 0.5) is 13.2 Å². The minimum Gasteiger partial charge on any atom is -0.475 e. The summed E-state index contributed by atoms with van der Waals surface area (Å²) < 4.78 is 57.4. The number of aromatic nitrogens is 1. The van der Waals surface area contributed by atoms with E-state index in [0.717, 1.165) is 30.6 Å². The molecular weight excluding hydrogens is 375 g/mol. The molecule has 2 aromatic carbocycles. The SMILES string of the molecule is FC(F)(F)Oc1ccc(-c2ccc3onc(OC[C@H]4CCCOC4)c3c2)cc1. The Hall–Kier alpha value is -2.74. The topological polar surface area (TPSA) is 53.7 Å². The summed E-state index contributed by atoms with van der Waals surface area (Å²) in [5, 5.41) is 4.70. The van der Waals surface area contributed by atoms with Crippen LogP contribution < -0.4 is 9.47 Å². The minimum atomic E-state index is -4.71. The molecule has 28 heavy (non-hydrogen) atoms. The molecule has 5 nitrogen and oxygen atoms in total. The molecule has 2 heterocycles. The van der Waals surface area contributed by atoms with Crippen LogP contribution in [0, 0.1) is 5.92 Å². The minimum absolute atomic E-state index is 0.263. The summed E-state index contributed by atoms with van der Waals surface area (Å²) in [6.45, 7) is 1.96. The van der Waals surface area contributed by atoms with Gasteiger partial charge in [-0.05, 0) is 53.4 Å². The molecule has 3 aromatic rings. The van der Waals surface area contributed by atoms with Gasteiger partial charge in [-0.25, -0.2) is 0 Å². The van der Waals surface area contributed by atoms with E-state index < -0.39 is 6.36 Å². The van der Waals surface area contributed by atoms with Crippen molar-refractivity contribution in [3.05, 3.63) is 42.5 Å². The number of halogens is 3. The van der Waals surface area contributed by atoms with E-state index in [-0.39, 0.29) is 5.75 Å². The van der Waals surface area contributed by atoms with Crippen LogP contribution >= 0.6 is 0 Å². The Balaban J connectivity index is 1.52. The lowest BCUT2D eigenvalue weighted by Gasteiger charge is -2.21. The molecule has 8 heteroatoms. The van der Waals surface area contributed by atoms with Gasteiger partial charge in [0, 0.05) is 12.5 Å². The number of rotatable bonds is 5. The monoisotopic (exact) mass is 393 g/mol. The van der Waals surface area contributed by atoms with E-state index in [1.807, 2.05) is 12.1 Å². The zero-order chi connectivity index (χ0) is 19.6. The van der Waals surface area contributed by atoms with Gasteiger partial charge in [-0.15, -0.1) is 13.2 Å². The first-order chi connectivity index (χ1) is 13.5. The fourth-order valence-electron chi connectivity index (χ4n) is 3.18. The van der Waals surface area contributed by atoms with E-state index in [2.05, 4.69) is 9.89 Å². The van der Waals surface area contributed by atoms with Gasteiger partial charge in [0.1, 0.15) is 5.75 Å². The third-order valence-electron chi connectivity index (χ3n) is 4.57. The molecule has 1 aliphatic heterocycles. The first-order valence-electron chi connectivity index (χ1n) is 8.94. The van der Waals surface area contributed by atoms with Crippen LogP contribution in [-0.4, -0.2) is 31.3 Å². The largest absolute Gasteiger partial charge is 0.573 e. The van der Waals surface area contributed by atoms with Crippen molar-refractivity contribution in [1.29, 1.82) is 0 Å². The Kier molecular flexibility index (Phi) is 5.13. The summed E-state index contributed by atoms with van der Waals surface area (Å²) in [4.78, 5) is 0. The molecule has 0 aliphatic carbocycles. The van der Waals surface area contributed by atoms with Gasteiger partial charge < -0.3 is 18.7 Å². The van der Waals surface area contributed by atoms with Gasteiger partial charge >= 0.3 is 6.36 Å². The second-order valence-electron chi connectivity index (χ2n) is 6.67. The summed E-state index contributed by atoms with van der Waals surface area (Å²) in [6, 6.07) is 11.1. The maximum Gasteiger partial charge on any atom is 0.573 e. The van der Waals surface area contributed by atoms with Gasteiger partial charge in [-0.3, -0.25) is 0 Å². The first kappa shape index (κ1) is 18.6. The van der Waals surface area contributed by atoms with E-state index in [4.69, 9.17) is 14.0 Å². The molecule has 1 aromatic heterocycles. The summed E-state index contributed by atoms with van der Waals surface area (Å²) in [7, 11) is 0. The Morgan fingerprint density at radius 2 is 1.86 bits per heavy atom. The highest BCUT2D eigenvalue weighted by molar-refractivity contribution is 5.87. The van der Waals surface area contributed by atoms with Crippen molar-refractivity contribution in [1.82, 2.24) is 5.16 Å². The van der Waals surface area contributed by atoms with Crippen LogP contribution in [0.5, 0.6) is 11.6 Å². The molecule has 1 saturated heterocycles. The fraction of sp³-hybridized carbons (Fsp3) is 0.350. The van der Waals surface area contributed by atoms with Crippen molar-refractivity contribution >= 4 is 11.0 Å². The average Bonchev–Trinajstić information content (AvgIpc) is 3.09. The van der Waals surface area contributed by atoms with Crippen molar-refractivity contribution in [2.75, 3.05) is 19.8 Å². The molecular formula is C20H18F3NO4. The molecule has 1 fully saturated rings. The second kappa shape index (κ2) is 7.71. The Morgan fingerprint density at radius 1 is 1.07 bits per heavy atom. The highest BCUT2D eigenvalue weighted by atomic mass is 19.4. The predicted octanol–water partition coefficient (Wildman–Crippen LogP) is 5.20. The number of ether oxygens (including phenoxy) is 3. The summed E-state index contributed by atoms with van der Waals surface area (Å²) in [5.74, 6) is 0.463. The molecule has 148 valence electrons.